The summed E-state index contributed by atoms with van der Waals surface area (Å²) in [6.45, 7) is 2.78. The number of nitrogens with zero attached hydrogens (tertiary/aromatic N) is 1. The molecule has 7 heteroatoms. The quantitative estimate of drug-likeness (QED) is 0.704. The Morgan fingerprint density at radius 2 is 1.65 bits per heavy atom. The van der Waals surface area contributed by atoms with Crippen LogP contribution in [0.2, 0.25) is 0 Å². The summed E-state index contributed by atoms with van der Waals surface area (Å²) >= 11 is 0. The van der Waals surface area contributed by atoms with E-state index in [-0.39, 0.29) is 35.7 Å². The summed E-state index contributed by atoms with van der Waals surface area (Å²) in [5, 5.41) is 6.30. The molecule has 2 aromatic carbocycles. The first kappa shape index (κ1) is 23.9. The predicted octanol–water partition coefficient (Wildman–Crippen LogP) is 3.84. The van der Waals surface area contributed by atoms with Crippen molar-refractivity contribution in [2.24, 2.45) is 5.92 Å². The second-order valence-electron chi connectivity index (χ2n) is 9.40. The van der Waals surface area contributed by atoms with Crippen molar-refractivity contribution in [1.29, 1.82) is 0 Å². The first-order valence-corrected chi connectivity index (χ1v) is 12.1. The Kier molecular flexibility index (Phi) is 7.60. The maximum absolute atomic E-state index is 13.6. The minimum Gasteiger partial charge on any atom is -0.351 e. The van der Waals surface area contributed by atoms with Crippen LogP contribution in [0.1, 0.15) is 64.8 Å². The van der Waals surface area contributed by atoms with Crippen molar-refractivity contribution in [1.82, 2.24) is 15.5 Å². The van der Waals surface area contributed by atoms with Crippen LogP contribution in [-0.4, -0.2) is 47.8 Å². The third-order valence-corrected chi connectivity index (χ3v) is 6.95. The SMILES string of the molecule is Cc1ccccc1C(=O)N[C@@H]1CCCC[C@H]1NC(=O)[C@H]1CCCN(C(=O)c2cccc(F)c2)C1. The van der Waals surface area contributed by atoms with Crippen LogP contribution in [0.3, 0.4) is 0 Å². The number of benzene rings is 2. The van der Waals surface area contributed by atoms with E-state index in [0.29, 0.717) is 30.6 Å². The van der Waals surface area contributed by atoms with Crippen LogP contribution in [0.15, 0.2) is 48.5 Å². The lowest BCUT2D eigenvalue weighted by Crippen LogP contribution is -2.55. The van der Waals surface area contributed by atoms with Gasteiger partial charge in [-0.1, -0.05) is 37.1 Å². The standard InChI is InChI=1S/C27H32FN3O3/c1-18-8-2-3-12-22(18)26(33)30-24-14-5-4-13-23(24)29-25(32)20-10-7-15-31(17-20)27(34)19-9-6-11-21(28)16-19/h2-3,6,8-9,11-12,16,20,23-24H,4-5,7,10,13-15,17H2,1H3,(H,29,32)(H,30,33)/t20-,23+,24+/m0/s1. The summed E-state index contributed by atoms with van der Waals surface area (Å²) in [6.07, 6.45) is 5.05. The summed E-state index contributed by atoms with van der Waals surface area (Å²) in [5.74, 6) is -1.22. The molecular formula is C27H32FN3O3. The van der Waals surface area contributed by atoms with Crippen LogP contribution in [0.25, 0.3) is 0 Å². The Morgan fingerprint density at radius 3 is 2.38 bits per heavy atom. The molecule has 6 nitrogen and oxygen atoms in total. The van der Waals surface area contributed by atoms with Crippen LogP contribution >= 0.6 is 0 Å². The fourth-order valence-electron chi connectivity index (χ4n) is 5.03. The Morgan fingerprint density at radius 1 is 0.912 bits per heavy atom. The molecule has 1 aliphatic carbocycles. The predicted molar refractivity (Wildman–Crippen MR) is 128 cm³/mol. The van der Waals surface area contributed by atoms with Gasteiger partial charge in [-0.05, 0) is 62.4 Å². The molecule has 34 heavy (non-hydrogen) atoms. The maximum Gasteiger partial charge on any atom is 0.253 e. The smallest absolute Gasteiger partial charge is 0.253 e. The van der Waals surface area contributed by atoms with Crippen LogP contribution in [-0.2, 0) is 4.79 Å². The molecule has 2 fully saturated rings. The molecule has 1 saturated heterocycles. The van der Waals surface area contributed by atoms with Gasteiger partial charge in [0.05, 0.1) is 5.92 Å². The number of amides is 3. The second-order valence-corrected chi connectivity index (χ2v) is 9.40. The molecule has 2 aliphatic rings. The molecule has 3 amide bonds. The number of hydrogen-bond acceptors (Lipinski definition) is 3. The number of rotatable bonds is 5. The fraction of sp³-hybridized carbons (Fsp3) is 0.444. The highest BCUT2D eigenvalue weighted by molar-refractivity contribution is 5.96. The van der Waals surface area contributed by atoms with E-state index in [9.17, 15) is 18.8 Å². The highest BCUT2D eigenvalue weighted by atomic mass is 19.1. The summed E-state index contributed by atoms with van der Waals surface area (Å²) in [5.41, 5.74) is 1.87. The van der Waals surface area contributed by atoms with Gasteiger partial charge in [0, 0.05) is 36.3 Å². The summed E-state index contributed by atoms with van der Waals surface area (Å²) < 4.78 is 13.6. The number of aryl methyl sites for hydroxylation is 1. The van der Waals surface area contributed by atoms with Crippen molar-refractivity contribution in [3.63, 3.8) is 0 Å². The van der Waals surface area contributed by atoms with Crippen molar-refractivity contribution < 1.29 is 18.8 Å². The molecule has 2 N–H and O–H groups in total. The van der Waals surface area contributed by atoms with E-state index in [1.807, 2.05) is 31.2 Å². The van der Waals surface area contributed by atoms with E-state index in [1.54, 1.807) is 11.0 Å². The highest BCUT2D eigenvalue weighted by Gasteiger charge is 2.33. The van der Waals surface area contributed by atoms with Gasteiger partial charge in [0.25, 0.3) is 11.8 Å². The van der Waals surface area contributed by atoms with Gasteiger partial charge >= 0.3 is 0 Å². The monoisotopic (exact) mass is 465 g/mol. The molecule has 0 aromatic heterocycles. The van der Waals surface area contributed by atoms with E-state index < -0.39 is 5.82 Å². The lowest BCUT2D eigenvalue weighted by Gasteiger charge is -2.36. The third kappa shape index (κ3) is 5.64. The first-order chi connectivity index (χ1) is 16.4. The zero-order valence-corrected chi connectivity index (χ0v) is 19.6. The molecule has 0 unspecified atom stereocenters. The van der Waals surface area contributed by atoms with E-state index in [4.69, 9.17) is 0 Å². The molecule has 1 saturated carbocycles. The summed E-state index contributed by atoms with van der Waals surface area (Å²) in [4.78, 5) is 40.5. The maximum atomic E-state index is 13.6. The number of carbonyl (C=O) groups excluding carboxylic acids is 3. The van der Waals surface area contributed by atoms with Gasteiger partial charge < -0.3 is 15.5 Å². The highest BCUT2D eigenvalue weighted by Crippen LogP contribution is 2.23. The largest absolute Gasteiger partial charge is 0.351 e. The van der Waals surface area contributed by atoms with Gasteiger partial charge in [0.15, 0.2) is 0 Å². The molecule has 4 rings (SSSR count). The van der Waals surface area contributed by atoms with Crippen LogP contribution < -0.4 is 10.6 Å². The van der Waals surface area contributed by atoms with Crippen molar-refractivity contribution in [2.75, 3.05) is 13.1 Å². The molecule has 0 spiro atoms. The zero-order valence-electron chi connectivity index (χ0n) is 19.6. The number of likely N-dealkylation sites (tertiary alicyclic amines) is 1. The number of hydrogen-bond donors (Lipinski definition) is 2. The van der Waals surface area contributed by atoms with E-state index in [1.165, 1.54) is 18.2 Å². The average Bonchev–Trinajstić information content (AvgIpc) is 2.85. The molecule has 2 aromatic rings. The third-order valence-electron chi connectivity index (χ3n) is 6.95. The molecule has 1 heterocycles. The molecular weight excluding hydrogens is 433 g/mol. The van der Waals surface area contributed by atoms with Crippen LogP contribution in [0, 0.1) is 18.7 Å². The lowest BCUT2D eigenvalue weighted by atomic mass is 9.88. The normalized spacial score (nSPS) is 22.6. The van der Waals surface area contributed by atoms with E-state index >= 15 is 0 Å². The van der Waals surface area contributed by atoms with Gasteiger partial charge in [-0.15, -0.1) is 0 Å². The first-order valence-electron chi connectivity index (χ1n) is 12.1. The number of nitrogens with one attached hydrogen (secondary N) is 2. The number of carbonyl (C=O) groups is 3. The lowest BCUT2D eigenvalue weighted by molar-refractivity contribution is -0.127. The van der Waals surface area contributed by atoms with Crippen molar-refractivity contribution in [2.45, 2.75) is 57.5 Å². The van der Waals surface area contributed by atoms with Crippen LogP contribution in [0.5, 0.6) is 0 Å². The minimum absolute atomic E-state index is 0.0845. The van der Waals surface area contributed by atoms with Crippen molar-refractivity contribution in [3.8, 4) is 0 Å². The minimum atomic E-state index is -0.451. The van der Waals surface area contributed by atoms with Gasteiger partial charge in [0.2, 0.25) is 5.91 Å². The summed E-state index contributed by atoms with van der Waals surface area (Å²) in [6, 6.07) is 12.9. The van der Waals surface area contributed by atoms with Gasteiger partial charge in [-0.25, -0.2) is 4.39 Å². The molecule has 0 bridgehead atoms. The average molecular weight is 466 g/mol. The zero-order chi connectivity index (χ0) is 24.1. The van der Waals surface area contributed by atoms with Crippen LogP contribution in [0.4, 0.5) is 4.39 Å². The molecule has 3 atom stereocenters. The molecule has 1 aliphatic heterocycles. The topological polar surface area (TPSA) is 78.5 Å². The Bertz CT molecular complexity index is 1060. The summed E-state index contributed by atoms with van der Waals surface area (Å²) in [7, 11) is 0. The Hall–Kier alpha value is -3.22. The van der Waals surface area contributed by atoms with Gasteiger partial charge in [0.1, 0.15) is 5.82 Å². The van der Waals surface area contributed by atoms with Gasteiger partial charge in [-0.3, -0.25) is 14.4 Å². The number of halogens is 1. The Labute approximate surface area is 199 Å². The molecule has 0 radical (unpaired) electrons. The van der Waals surface area contributed by atoms with Gasteiger partial charge in [-0.2, -0.15) is 0 Å². The van der Waals surface area contributed by atoms with Crippen molar-refractivity contribution >= 4 is 17.7 Å². The number of piperidine rings is 1. The Balaban J connectivity index is 1.37. The second kappa shape index (κ2) is 10.8. The fourth-order valence-corrected chi connectivity index (χ4v) is 5.03. The van der Waals surface area contributed by atoms with E-state index in [0.717, 1.165) is 37.7 Å². The molecule has 180 valence electrons. The van der Waals surface area contributed by atoms with E-state index in [2.05, 4.69) is 10.6 Å². The van der Waals surface area contributed by atoms with Crippen molar-refractivity contribution in [3.05, 3.63) is 71.0 Å².